The zero-order valence-corrected chi connectivity index (χ0v) is 19.9. The van der Waals surface area contributed by atoms with Gasteiger partial charge in [0.05, 0.1) is 12.0 Å². The summed E-state index contributed by atoms with van der Waals surface area (Å²) in [5.74, 6) is -8.31. The minimum absolute atomic E-state index is 0.0107. The molecular weight excluding hydrogens is 513 g/mol. The Kier molecular flexibility index (Phi) is 6.53. The Hall–Kier alpha value is -3.69. The number of hydrogen-bond donors (Lipinski definition) is 3. The number of nitrogens with one attached hydrogen (secondary N) is 3. The Labute approximate surface area is 213 Å². The van der Waals surface area contributed by atoms with Crippen molar-refractivity contribution in [3.8, 4) is 6.07 Å². The van der Waals surface area contributed by atoms with Gasteiger partial charge >= 0.3 is 0 Å². The lowest BCUT2D eigenvalue weighted by molar-refractivity contribution is -0.179. The molecule has 2 bridgehead atoms. The molecule has 4 heterocycles. The number of alkyl halides is 4. The van der Waals surface area contributed by atoms with Gasteiger partial charge in [0.15, 0.2) is 0 Å². The molecule has 5 atom stereocenters. The normalized spacial score (nSPS) is 26.9. The van der Waals surface area contributed by atoms with Gasteiger partial charge in [-0.15, -0.1) is 0 Å². The number of rotatable bonds is 6. The van der Waals surface area contributed by atoms with Gasteiger partial charge in [0.25, 0.3) is 18.3 Å². The van der Waals surface area contributed by atoms with Gasteiger partial charge in [0.1, 0.15) is 23.6 Å². The molecule has 6 rings (SSSR count). The maximum absolute atomic E-state index is 14.9. The number of nitrogens with zero attached hydrogens (tertiary/aromatic N) is 2. The second-order valence-corrected chi connectivity index (χ2v) is 10.1. The summed E-state index contributed by atoms with van der Waals surface area (Å²) in [5, 5.41) is 14.5. The number of carbonyl (C=O) groups excluding carboxylic acids is 3. The highest BCUT2D eigenvalue weighted by Crippen LogP contribution is 2.49. The molecule has 0 spiro atoms. The van der Waals surface area contributed by atoms with Crippen LogP contribution in [0, 0.1) is 29.0 Å². The molecule has 4 fully saturated rings. The Morgan fingerprint density at radius 1 is 1.21 bits per heavy atom. The molecule has 1 aromatic heterocycles. The summed E-state index contributed by atoms with van der Waals surface area (Å²) < 4.78 is 70.7. The van der Waals surface area contributed by atoms with E-state index in [1.165, 1.54) is 0 Å². The summed E-state index contributed by atoms with van der Waals surface area (Å²) in [4.78, 5) is 42.5. The van der Waals surface area contributed by atoms with Crippen LogP contribution in [0.15, 0.2) is 18.2 Å². The highest BCUT2D eigenvalue weighted by atomic mass is 19.3. The molecule has 38 heavy (non-hydrogen) atoms. The van der Waals surface area contributed by atoms with Gasteiger partial charge in [0, 0.05) is 41.4 Å². The molecule has 8 nitrogen and oxygen atoms in total. The average molecular weight is 537 g/mol. The lowest BCUT2D eigenvalue weighted by atomic mass is 9.71. The quantitative estimate of drug-likeness (QED) is 0.490. The van der Waals surface area contributed by atoms with Gasteiger partial charge in [0.2, 0.25) is 11.8 Å². The Balaban J connectivity index is 1.46. The van der Waals surface area contributed by atoms with Gasteiger partial charge < -0.3 is 20.5 Å². The van der Waals surface area contributed by atoms with Crippen molar-refractivity contribution in [3.63, 3.8) is 0 Å². The van der Waals surface area contributed by atoms with Crippen LogP contribution in [-0.2, 0) is 9.59 Å². The minimum Gasteiger partial charge on any atom is -0.356 e. The third-order valence-electron chi connectivity index (χ3n) is 7.79. The predicted octanol–water partition coefficient (Wildman–Crippen LogP) is 3.41. The van der Waals surface area contributed by atoms with Crippen molar-refractivity contribution in [1.29, 1.82) is 5.26 Å². The summed E-state index contributed by atoms with van der Waals surface area (Å²) in [7, 11) is 0. The van der Waals surface area contributed by atoms with E-state index in [-0.39, 0.29) is 41.8 Å². The first-order valence-electron chi connectivity index (χ1n) is 12.3. The molecule has 3 N–H and O–H groups in total. The zero-order valence-electron chi connectivity index (χ0n) is 19.9. The molecule has 1 aliphatic carbocycles. The zero-order chi connectivity index (χ0) is 27.4. The maximum Gasteiger partial charge on any atom is 0.271 e. The SMILES string of the molecule is N#C[C@@H](C[C@@H]1CCNC1=O)NC(=O)[C@H]1[C@H]2CC[C@H](CC2(F)F)N1C(=O)c1cc2c(C(F)F)cc(F)cc2[nH]1. The van der Waals surface area contributed by atoms with Crippen LogP contribution in [0.5, 0.6) is 0 Å². The number of aromatic nitrogens is 1. The molecular formula is C25H24F5N5O3. The number of halogens is 5. The van der Waals surface area contributed by atoms with Crippen molar-refractivity contribution in [2.24, 2.45) is 11.8 Å². The van der Waals surface area contributed by atoms with E-state index in [2.05, 4.69) is 15.6 Å². The Morgan fingerprint density at radius 3 is 2.61 bits per heavy atom. The van der Waals surface area contributed by atoms with Crippen LogP contribution in [0.3, 0.4) is 0 Å². The maximum atomic E-state index is 14.9. The van der Waals surface area contributed by atoms with Crippen LogP contribution in [-0.4, -0.2) is 58.2 Å². The fourth-order valence-corrected chi connectivity index (χ4v) is 6.02. The molecule has 3 saturated heterocycles. The fourth-order valence-electron chi connectivity index (χ4n) is 6.02. The van der Waals surface area contributed by atoms with Crippen molar-refractivity contribution in [1.82, 2.24) is 20.5 Å². The number of H-pyrrole nitrogens is 1. The van der Waals surface area contributed by atoms with Crippen molar-refractivity contribution in [3.05, 3.63) is 35.3 Å². The molecule has 1 saturated carbocycles. The van der Waals surface area contributed by atoms with Gasteiger partial charge in [-0.25, -0.2) is 22.0 Å². The Bertz CT molecular complexity index is 1340. The van der Waals surface area contributed by atoms with E-state index in [4.69, 9.17) is 0 Å². The second-order valence-electron chi connectivity index (χ2n) is 10.1. The number of amides is 3. The summed E-state index contributed by atoms with van der Waals surface area (Å²) in [5.41, 5.74) is -0.957. The van der Waals surface area contributed by atoms with E-state index in [0.717, 1.165) is 17.0 Å². The molecule has 202 valence electrons. The van der Waals surface area contributed by atoms with Crippen molar-refractivity contribution >= 4 is 28.6 Å². The number of piperidine rings is 2. The first-order valence-corrected chi connectivity index (χ1v) is 12.3. The van der Waals surface area contributed by atoms with E-state index >= 15 is 0 Å². The average Bonchev–Trinajstić information content (AvgIpc) is 3.47. The second kappa shape index (κ2) is 9.56. The lowest BCUT2D eigenvalue weighted by Crippen LogP contribution is -2.68. The molecule has 2 aromatic rings. The summed E-state index contributed by atoms with van der Waals surface area (Å²) in [6.45, 7) is 0.429. The molecule has 4 aliphatic rings. The van der Waals surface area contributed by atoms with Crippen molar-refractivity contribution < 1.29 is 36.3 Å². The molecule has 13 heteroatoms. The van der Waals surface area contributed by atoms with Gasteiger partial charge in [-0.05, 0) is 43.9 Å². The lowest BCUT2D eigenvalue weighted by Gasteiger charge is -2.53. The van der Waals surface area contributed by atoms with E-state index < -0.39 is 71.9 Å². The fraction of sp³-hybridized carbons (Fsp3) is 0.520. The van der Waals surface area contributed by atoms with Crippen molar-refractivity contribution in [2.45, 2.75) is 62.6 Å². The summed E-state index contributed by atoms with van der Waals surface area (Å²) in [6.07, 6.45) is -3.07. The molecule has 0 radical (unpaired) electrons. The first kappa shape index (κ1) is 25.9. The third kappa shape index (κ3) is 4.46. The minimum atomic E-state index is -3.25. The molecule has 3 aliphatic heterocycles. The summed E-state index contributed by atoms with van der Waals surface area (Å²) in [6, 6.07) is 0.789. The van der Waals surface area contributed by atoms with E-state index in [0.29, 0.717) is 19.0 Å². The monoisotopic (exact) mass is 537 g/mol. The van der Waals surface area contributed by atoms with Crippen LogP contribution in [0.2, 0.25) is 0 Å². The topological polar surface area (TPSA) is 118 Å². The molecule has 3 amide bonds. The van der Waals surface area contributed by atoms with Crippen LogP contribution in [0.4, 0.5) is 22.0 Å². The van der Waals surface area contributed by atoms with E-state index in [1.807, 2.05) is 6.07 Å². The van der Waals surface area contributed by atoms with Crippen LogP contribution < -0.4 is 10.6 Å². The summed E-state index contributed by atoms with van der Waals surface area (Å²) >= 11 is 0. The van der Waals surface area contributed by atoms with E-state index in [1.54, 1.807) is 0 Å². The number of hydrogen-bond acceptors (Lipinski definition) is 4. The highest BCUT2D eigenvalue weighted by molar-refractivity contribution is 6.01. The van der Waals surface area contributed by atoms with Gasteiger partial charge in [-0.3, -0.25) is 14.4 Å². The third-order valence-corrected chi connectivity index (χ3v) is 7.79. The Morgan fingerprint density at radius 2 is 1.97 bits per heavy atom. The highest BCUT2D eigenvalue weighted by Gasteiger charge is 2.60. The standard InChI is InChI=1S/C25H24F5N5O3/c26-12-6-16(21(27)28)15-8-19(34-18(15)7-12)24(38)35-14-1-2-17(25(29,30)9-14)20(35)23(37)33-13(10-31)5-11-3-4-32-22(11)36/h6-8,11,13-14,17,20-21,34H,1-5,9H2,(H,32,36)(H,33,37)/t11-,13+,14+,17+,20+/m0/s1. The molecule has 0 unspecified atom stereocenters. The van der Waals surface area contributed by atoms with Gasteiger partial charge in [-0.1, -0.05) is 0 Å². The number of nitriles is 1. The molecule has 1 aromatic carbocycles. The van der Waals surface area contributed by atoms with Crippen LogP contribution in [0.25, 0.3) is 10.9 Å². The largest absolute Gasteiger partial charge is 0.356 e. The smallest absolute Gasteiger partial charge is 0.271 e. The number of fused-ring (bicyclic) bond motifs is 4. The van der Waals surface area contributed by atoms with Crippen LogP contribution >= 0.6 is 0 Å². The first-order chi connectivity index (χ1) is 18.0. The van der Waals surface area contributed by atoms with Crippen molar-refractivity contribution in [2.75, 3.05) is 6.54 Å². The number of aromatic amines is 1. The van der Waals surface area contributed by atoms with Gasteiger partial charge in [-0.2, -0.15) is 5.26 Å². The van der Waals surface area contributed by atoms with E-state index in [9.17, 15) is 41.6 Å². The van der Waals surface area contributed by atoms with Crippen LogP contribution in [0.1, 0.15) is 54.6 Å². The number of carbonyl (C=O) groups is 3. The number of benzene rings is 1. The predicted molar refractivity (Wildman–Crippen MR) is 123 cm³/mol.